The molecule has 27 N–H and O–H groups in total. The minimum atomic E-state index is -1.95. The highest BCUT2D eigenvalue weighted by atomic mass is 16.4. The molecule has 37 nitrogen and oxygen atoms in total. The highest BCUT2D eigenvalue weighted by Gasteiger charge is 2.41. The maximum Gasteiger partial charge on any atom is 0.326 e. The Hall–Kier alpha value is -9.78. The molecular weight excluding hydrogens is 1230 g/mol. The van der Waals surface area contributed by atoms with Crippen molar-refractivity contribution in [1.29, 1.82) is 0 Å². The Morgan fingerprint density at radius 3 is 1.30 bits per heavy atom. The molecule has 1 aliphatic heterocycles. The zero-order valence-corrected chi connectivity index (χ0v) is 51.5. The van der Waals surface area contributed by atoms with E-state index in [2.05, 4.69) is 52.5 Å². The van der Waals surface area contributed by atoms with Crippen molar-refractivity contribution in [1.82, 2.24) is 47.4 Å². The number of likely N-dealkylation sites (tertiary alicyclic amines) is 1. The summed E-state index contributed by atoms with van der Waals surface area (Å²) in [7, 11) is 0. The smallest absolute Gasteiger partial charge is 0.326 e. The van der Waals surface area contributed by atoms with Crippen LogP contribution in [0.2, 0.25) is 0 Å². The molecule has 2 rings (SSSR count). The number of hydrogen-bond donors (Lipinski definition) is 20. The molecule has 0 bridgehead atoms. The van der Waals surface area contributed by atoms with E-state index in [-0.39, 0.29) is 109 Å². The number of nitrogens with one attached hydrogen (secondary N) is 8. The second kappa shape index (κ2) is 42.3. The molecule has 10 atom stereocenters. The first-order valence-corrected chi connectivity index (χ1v) is 30.1. The third-order valence-corrected chi connectivity index (χ3v) is 14.3. The monoisotopic (exact) mass is 1320 g/mol. The van der Waals surface area contributed by atoms with Crippen LogP contribution in [0.4, 0.5) is 0 Å². The van der Waals surface area contributed by atoms with E-state index in [9.17, 15) is 92.7 Å². The SMILES string of the molecule is NCCCC[C@H](NC(=O)[C@H](CCC(=O)O)NC(=O)[C@H](CCC(=O)O)NC(=O)[C@H](CCCN=C(N)N)NC(=O)[C@H](Cc1ccccc1)NC(=O)[C@@H]1CCCN1C(=O)[C@H](CCCCN)NC(=O)[C@@H](N)CC(=O)O)C(=O)N[C@@H](CC(=O)O)C(=O)N[C@@H](CCCN=C(N)N)C(=O)O. The number of nitrogens with two attached hydrogens (primary N) is 7. The number of carbonyl (C=O) groups excluding carboxylic acids is 9. The molecule has 0 aromatic heterocycles. The average Bonchev–Trinajstić information content (AvgIpc) is 1.79. The van der Waals surface area contributed by atoms with Gasteiger partial charge in [0, 0.05) is 38.9 Å². The Kier molecular flexibility index (Phi) is 36.1. The number of unbranched alkanes of at least 4 members (excludes halogenated alkanes) is 2. The quantitative estimate of drug-likeness (QED) is 0.0164. The Morgan fingerprint density at radius 1 is 0.462 bits per heavy atom. The first kappa shape index (κ1) is 79.3. The first-order chi connectivity index (χ1) is 44.0. The fraction of sp³-hybridized carbons (Fsp3) is 0.607. The Labute approximate surface area is 534 Å². The summed E-state index contributed by atoms with van der Waals surface area (Å²) < 4.78 is 0. The van der Waals surface area contributed by atoms with Crippen molar-refractivity contribution in [2.24, 2.45) is 50.1 Å². The van der Waals surface area contributed by atoms with Crippen LogP contribution in [0.15, 0.2) is 40.3 Å². The van der Waals surface area contributed by atoms with Crippen molar-refractivity contribution >= 4 is 94.9 Å². The highest BCUT2D eigenvalue weighted by Crippen LogP contribution is 2.21. The van der Waals surface area contributed by atoms with E-state index in [0.717, 1.165) is 0 Å². The molecule has 0 aliphatic carbocycles. The van der Waals surface area contributed by atoms with Gasteiger partial charge in [-0.3, -0.25) is 72.3 Å². The second-order valence-electron chi connectivity index (χ2n) is 21.8. The minimum Gasteiger partial charge on any atom is -0.481 e. The maximum atomic E-state index is 14.6. The van der Waals surface area contributed by atoms with Gasteiger partial charge in [0.15, 0.2) is 11.9 Å². The standard InChI is InChI=1S/C56H90N18O19/c57-22-6-4-13-32(47(85)72-39(29-44(81)82)51(89)71-37(54(92)93)16-9-25-65-56(62)63)66-48(86)34(18-20-41(75)76)69-49(87)35(19-21-42(77)78)68-46(84)33(15-8-24-64-55(60)61)67-50(88)38(27-30-11-2-1-3-12-30)73-52(90)40-17-10-26-74(40)53(91)36(14-5-7-23-58)70-45(83)31(59)28-43(79)80/h1-3,11-12,31-40H,4-10,13-29,57-59H2,(H,66,86)(H,67,88)(H,68,84)(H,69,87)(H,70,83)(H,71,89)(H,72,85)(H,73,90)(H,75,76)(H,77,78)(H,79,80)(H,81,82)(H,92,93)(H4,60,61,64)(H4,62,63,65)/t31-,32-,33-,34-,35-,36-,37-,38-,39-,40-/m0/s1. The summed E-state index contributed by atoms with van der Waals surface area (Å²) in [5, 5.41) is 67.2. The van der Waals surface area contributed by atoms with Crippen LogP contribution in [0, 0.1) is 0 Å². The van der Waals surface area contributed by atoms with Crippen LogP contribution in [0.1, 0.15) is 121 Å². The molecule has 1 saturated heterocycles. The molecule has 0 unspecified atom stereocenters. The normalized spacial score (nSPS) is 15.4. The zero-order valence-electron chi connectivity index (χ0n) is 51.5. The summed E-state index contributed by atoms with van der Waals surface area (Å²) in [6.45, 7) is 0.212. The van der Waals surface area contributed by atoms with Gasteiger partial charge in [0.2, 0.25) is 53.2 Å². The lowest BCUT2D eigenvalue weighted by molar-refractivity contribution is -0.144. The van der Waals surface area contributed by atoms with E-state index in [0.29, 0.717) is 24.8 Å². The van der Waals surface area contributed by atoms with Gasteiger partial charge in [-0.05, 0) is 109 Å². The number of carbonyl (C=O) groups is 14. The van der Waals surface area contributed by atoms with Gasteiger partial charge >= 0.3 is 29.8 Å². The van der Waals surface area contributed by atoms with Crippen molar-refractivity contribution in [3.8, 4) is 0 Å². The van der Waals surface area contributed by atoms with Crippen molar-refractivity contribution in [3.63, 3.8) is 0 Å². The van der Waals surface area contributed by atoms with Crippen molar-refractivity contribution in [2.45, 2.75) is 182 Å². The third kappa shape index (κ3) is 31.2. The largest absolute Gasteiger partial charge is 0.481 e. The van der Waals surface area contributed by atoms with Crippen LogP contribution in [0.3, 0.4) is 0 Å². The van der Waals surface area contributed by atoms with E-state index in [1.807, 2.05) is 0 Å². The number of guanidine groups is 2. The first-order valence-electron chi connectivity index (χ1n) is 30.1. The molecule has 1 aliphatic rings. The number of aliphatic imine (C=N–C) groups is 2. The molecule has 0 radical (unpaired) electrons. The second-order valence-corrected chi connectivity index (χ2v) is 21.8. The third-order valence-electron chi connectivity index (χ3n) is 14.3. The number of hydrogen-bond acceptors (Lipinski definition) is 19. The number of carboxylic acids is 5. The molecular formula is C56H90N18O19. The van der Waals surface area contributed by atoms with Gasteiger partial charge in [0.1, 0.15) is 54.4 Å². The van der Waals surface area contributed by atoms with Crippen LogP contribution in [0.5, 0.6) is 0 Å². The van der Waals surface area contributed by atoms with Crippen LogP contribution in [-0.4, -0.2) is 219 Å². The van der Waals surface area contributed by atoms with Gasteiger partial charge in [0.25, 0.3) is 0 Å². The van der Waals surface area contributed by atoms with Crippen LogP contribution in [0.25, 0.3) is 0 Å². The Balaban J connectivity index is 2.58. The summed E-state index contributed by atoms with van der Waals surface area (Å²) in [4.78, 5) is 195. The topological polar surface area (TPSA) is 646 Å². The molecule has 1 fully saturated rings. The number of nitrogens with zero attached hydrogens (tertiary/aromatic N) is 3. The lowest BCUT2D eigenvalue weighted by atomic mass is 10.0. The average molecular weight is 1320 g/mol. The van der Waals surface area contributed by atoms with E-state index in [1.165, 1.54) is 4.90 Å². The van der Waals surface area contributed by atoms with E-state index < -0.39 is 182 Å². The highest BCUT2D eigenvalue weighted by molar-refractivity contribution is 5.99. The predicted octanol–water partition coefficient (Wildman–Crippen LogP) is -6.45. The van der Waals surface area contributed by atoms with E-state index in [1.54, 1.807) is 30.3 Å². The van der Waals surface area contributed by atoms with Gasteiger partial charge < -0.3 is 113 Å². The molecule has 518 valence electrons. The van der Waals surface area contributed by atoms with Gasteiger partial charge in [-0.25, -0.2) is 4.79 Å². The molecule has 1 aromatic carbocycles. The lowest BCUT2D eigenvalue weighted by Crippen LogP contribution is -2.60. The van der Waals surface area contributed by atoms with Crippen molar-refractivity contribution < 1.29 is 92.7 Å². The number of carboxylic acid groups (broad SMARTS) is 5. The Morgan fingerprint density at radius 2 is 0.860 bits per heavy atom. The van der Waals surface area contributed by atoms with E-state index in [4.69, 9.17) is 40.1 Å². The van der Waals surface area contributed by atoms with Crippen molar-refractivity contribution in [3.05, 3.63) is 35.9 Å². The maximum absolute atomic E-state index is 14.6. The van der Waals surface area contributed by atoms with Crippen LogP contribution < -0.4 is 82.7 Å². The fourth-order valence-electron chi connectivity index (χ4n) is 9.53. The summed E-state index contributed by atoms with van der Waals surface area (Å²) in [5.74, 6) is -17.6. The number of rotatable bonds is 46. The van der Waals surface area contributed by atoms with Gasteiger partial charge in [0.05, 0.1) is 18.9 Å². The molecule has 37 heteroatoms. The molecule has 9 amide bonds. The van der Waals surface area contributed by atoms with Crippen LogP contribution >= 0.6 is 0 Å². The molecule has 1 heterocycles. The fourth-order valence-corrected chi connectivity index (χ4v) is 9.53. The number of benzene rings is 1. The summed E-state index contributed by atoms with van der Waals surface area (Å²) in [6.07, 6.45) is -4.25. The van der Waals surface area contributed by atoms with Crippen LogP contribution in [-0.2, 0) is 73.5 Å². The summed E-state index contributed by atoms with van der Waals surface area (Å²) in [6, 6.07) is -7.89. The molecule has 93 heavy (non-hydrogen) atoms. The van der Waals surface area contributed by atoms with Crippen molar-refractivity contribution in [2.75, 3.05) is 32.7 Å². The van der Waals surface area contributed by atoms with E-state index >= 15 is 0 Å². The number of amides is 9. The van der Waals surface area contributed by atoms with Gasteiger partial charge in [-0.15, -0.1) is 0 Å². The Bertz CT molecular complexity index is 2790. The van der Waals surface area contributed by atoms with Gasteiger partial charge in [-0.2, -0.15) is 0 Å². The lowest BCUT2D eigenvalue weighted by Gasteiger charge is -2.31. The number of aliphatic carboxylic acids is 5. The predicted molar refractivity (Wildman–Crippen MR) is 330 cm³/mol. The zero-order chi connectivity index (χ0) is 69.7. The summed E-state index contributed by atoms with van der Waals surface area (Å²) >= 11 is 0. The van der Waals surface area contributed by atoms with Gasteiger partial charge in [-0.1, -0.05) is 30.3 Å². The summed E-state index contributed by atoms with van der Waals surface area (Å²) in [5.41, 5.74) is 39.3. The molecule has 1 aromatic rings. The molecule has 0 saturated carbocycles. The molecule has 0 spiro atoms. The minimum absolute atomic E-state index is 0.0328.